The molecule has 4 nitrogen and oxygen atoms in total. The van der Waals surface area contributed by atoms with Crippen molar-refractivity contribution in [3.8, 4) is 0 Å². The van der Waals surface area contributed by atoms with Crippen molar-refractivity contribution in [1.29, 1.82) is 0 Å². The summed E-state index contributed by atoms with van der Waals surface area (Å²) in [6, 6.07) is 15.0. The molecule has 2 aromatic rings. The number of aryl methyl sites for hydroxylation is 1. The third-order valence-electron chi connectivity index (χ3n) is 3.54. The van der Waals surface area contributed by atoms with E-state index in [1.54, 1.807) is 12.1 Å². The zero-order chi connectivity index (χ0) is 16.8. The lowest BCUT2D eigenvalue weighted by atomic mass is 10.1. The molecular formula is C18H19IN2O2. The zero-order valence-corrected chi connectivity index (χ0v) is 15.3. The Labute approximate surface area is 149 Å². The predicted octanol–water partition coefficient (Wildman–Crippen LogP) is 3.67. The largest absolute Gasteiger partial charge is 0.341 e. The second-order valence-corrected chi connectivity index (χ2v) is 6.50. The molecule has 0 aliphatic carbocycles. The molecule has 0 spiro atoms. The quantitative estimate of drug-likeness (QED) is 0.584. The molecule has 0 aromatic heterocycles. The van der Waals surface area contributed by atoms with Crippen LogP contribution in [0.3, 0.4) is 0 Å². The molecule has 0 bridgehead atoms. The van der Waals surface area contributed by atoms with Gasteiger partial charge >= 0.3 is 11.8 Å². The maximum Gasteiger partial charge on any atom is 0.313 e. The van der Waals surface area contributed by atoms with Gasteiger partial charge in [0.05, 0.1) is 6.04 Å². The summed E-state index contributed by atoms with van der Waals surface area (Å²) in [6.07, 6.45) is 0.972. The van der Waals surface area contributed by atoms with E-state index in [-0.39, 0.29) is 6.04 Å². The van der Waals surface area contributed by atoms with Gasteiger partial charge in [-0.15, -0.1) is 0 Å². The third kappa shape index (κ3) is 5.06. The van der Waals surface area contributed by atoms with Gasteiger partial charge in [-0.1, -0.05) is 31.2 Å². The maximum atomic E-state index is 12.0. The first-order valence-corrected chi connectivity index (χ1v) is 8.53. The fraction of sp³-hybridized carbons (Fsp3) is 0.222. The first-order valence-electron chi connectivity index (χ1n) is 7.46. The number of carbonyl (C=O) groups excluding carboxylic acids is 2. The predicted molar refractivity (Wildman–Crippen MR) is 100 cm³/mol. The molecule has 23 heavy (non-hydrogen) atoms. The van der Waals surface area contributed by atoms with Crippen LogP contribution >= 0.6 is 22.6 Å². The van der Waals surface area contributed by atoms with E-state index in [1.807, 2.05) is 43.3 Å². The minimum absolute atomic E-state index is 0.226. The van der Waals surface area contributed by atoms with Crippen LogP contribution in [-0.2, 0) is 16.0 Å². The lowest BCUT2D eigenvalue weighted by molar-refractivity contribution is -0.136. The van der Waals surface area contributed by atoms with Crippen LogP contribution in [-0.4, -0.2) is 11.8 Å². The Kier molecular flexibility index (Phi) is 6.15. The van der Waals surface area contributed by atoms with Crippen LogP contribution in [0, 0.1) is 3.57 Å². The number of benzene rings is 2. The van der Waals surface area contributed by atoms with Gasteiger partial charge in [-0.05, 0) is 71.3 Å². The van der Waals surface area contributed by atoms with Gasteiger partial charge in [0.2, 0.25) is 0 Å². The highest BCUT2D eigenvalue weighted by Gasteiger charge is 2.17. The van der Waals surface area contributed by atoms with Crippen molar-refractivity contribution in [2.45, 2.75) is 26.3 Å². The van der Waals surface area contributed by atoms with E-state index in [9.17, 15) is 9.59 Å². The summed E-state index contributed by atoms with van der Waals surface area (Å²) in [5.41, 5.74) is 2.81. The van der Waals surface area contributed by atoms with E-state index in [2.05, 4.69) is 40.1 Å². The third-order valence-corrected chi connectivity index (χ3v) is 4.26. The van der Waals surface area contributed by atoms with Crippen LogP contribution < -0.4 is 10.6 Å². The fourth-order valence-corrected chi connectivity index (χ4v) is 2.47. The van der Waals surface area contributed by atoms with E-state index in [1.165, 1.54) is 5.56 Å². The van der Waals surface area contributed by atoms with Gasteiger partial charge in [0.25, 0.3) is 0 Å². The lowest BCUT2D eigenvalue weighted by Gasteiger charge is -2.14. The van der Waals surface area contributed by atoms with Crippen molar-refractivity contribution < 1.29 is 9.59 Å². The van der Waals surface area contributed by atoms with Crippen molar-refractivity contribution in [1.82, 2.24) is 5.32 Å². The first-order chi connectivity index (χ1) is 11.0. The summed E-state index contributed by atoms with van der Waals surface area (Å²) in [5.74, 6) is -1.31. The highest BCUT2D eigenvalue weighted by atomic mass is 127. The maximum absolute atomic E-state index is 12.0. The fourth-order valence-electron chi connectivity index (χ4n) is 2.11. The Morgan fingerprint density at radius 2 is 1.61 bits per heavy atom. The molecule has 120 valence electrons. The summed E-state index contributed by atoms with van der Waals surface area (Å²) < 4.78 is 1.06. The number of hydrogen-bond acceptors (Lipinski definition) is 2. The minimum Gasteiger partial charge on any atom is -0.341 e. The summed E-state index contributed by atoms with van der Waals surface area (Å²) >= 11 is 2.18. The molecule has 1 atom stereocenters. The molecule has 2 N–H and O–H groups in total. The molecule has 2 amide bonds. The van der Waals surface area contributed by atoms with E-state index >= 15 is 0 Å². The van der Waals surface area contributed by atoms with E-state index in [0.717, 1.165) is 15.6 Å². The highest BCUT2D eigenvalue weighted by molar-refractivity contribution is 14.1. The van der Waals surface area contributed by atoms with Gasteiger partial charge < -0.3 is 10.6 Å². The molecule has 2 aromatic carbocycles. The molecule has 0 aliphatic heterocycles. The SMILES string of the molecule is CCc1ccc(C(C)NC(=O)C(=O)Nc2ccc(I)cc2)cc1. The first kappa shape index (κ1) is 17.5. The number of hydrogen-bond donors (Lipinski definition) is 2. The van der Waals surface area contributed by atoms with E-state index < -0.39 is 11.8 Å². The molecule has 0 heterocycles. The number of anilines is 1. The number of halogens is 1. The van der Waals surface area contributed by atoms with Crippen LogP contribution in [0.2, 0.25) is 0 Å². The Morgan fingerprint density at radius 3 is 2.17 bits per heavy atom. The van der Waals surface area contributed by atoms with Gasteiger partial charge in [0, 0.05) is 9.26 Å². The lowest BCUT2D eigenvalue weighted by Crippen LogP contribution is -2.36. The van der Waals surface area contributed by atoms with Crippen molar-refractivity contribution in [2.24, 2.45) is 0 Å². The van der Waals surface area contributed by atoms with Gasteiger partial charge in [-0.25, -0.2) is 0 Å². The van der Waals surface area contributed by atoms with Crippen LogP contribution in [0.25, 0.3) is 0 Å². The van der Waals surface area contributed by atoms with Gasteiger partial charge in [0.1, 0.15) is 0 Å². The molecular weight excluding hydrogens is 403 g/mol. The van der Waals surface area contributed by atoms with Crippen LogP contribution in [0.1, 0.15) is 31.0 Å². The normalized spacial score (nSPS) is 11.6. The number of carbonyl (C=O) groups is 2. The Bertz CT molecular complexity index is 681. The molecule has 0 saturated heterocycles. The Morgan fingerprint density at radius 1 is 1.00 bits per heavy atom. The van der Waals surface area contributed by atoms with Crippen LogP contribution in [0.4, 0.5) is 5.69 Å². The topological polar surface area (TPSA) is 58.2 Å². The molecule has 0 saturated carbocycles. The van der Waals surface area contributed by atoms with E-state index in [0.29, 0.717) is 5.69 Å². The highest BCUT2D eigenvalue weighted by Crippen LogP contribution is 2.14. The number of nitrogens with one attached hydrogen (secondary N) is 2. The van der Waals surface area contributed by atoms with Gasteiger partial charge in [-0.3, -0.25) is 9.59 Å². The minimum atomic E-state index is -0.664. The van der Waals surface area contributed by atoms with Crippen molar-refractivity contribution in [3.05, 3.63) is 63.2 Å². The standard InChI is InChI=1S/C18H19IN2O2/c1-3-13-4-6-14(7-5-13)12(2)20-17(22)18(23)21-16-10-8-15(19)9-11-16/h4-12H,3H2,1-2H3,(H,20,22)(H,21,23). The average Bonchev–Trinajstić information content (AvgIpc) is 2.56. The van der Waals surface area contributed by atoms with Crippen LogP contribution in [0.5, 0.6) is 0 Å². The molecule has 0 fully saturated rings. The van der Waals surface area contributed by atoms with Crippen molar-refractivity contribution in [2.75, 3.05) is 5.32 Å². The molecule has 0 aliphatic rings. The van der Waals surface area contributed by atoms with Crippen molar-refractivity contribution in [3.63, 3.8) is 0 Å². The second kappa shape index (κ2) is 8.10. The van der Waals surface area contributed by atoms with Gasteiger partial charge in [-0.2, -0.15) is 0 Å². The van der Waals surface area contributed by atoms with E-state index in [4.69, 9.17) is 0 Å². The van der Waals surface area contributed by atoms with Crippen molar-refractivity contribution >= 4 is 40.1 Å². The summed E-state index contributed by atoms with van der Waals surface area (Å²) in [5, 5.41) is 5.30. The summed E-state index contributed by atoms with van der Waals surface area (Å²) in [4.78, 5) is 23.9. The monoisotopic (exact) mass is 422 g/mol. The second-order valence-electron chi connectivity index (χ2n) is 5.25. The molecule has 1 unspecified atom stereocenters. The van der Waals surface area contributed by atoms with Gasteiger partial charge in [0.15, 0.2) is 0 Å². The average molecular weight is 422 g/mol. The Hall–Kier alpha value is -1.89. The zero-order valence-electron chi connectivity index (χ0n) is 13.1. The van der Waals surface area contributed by atoms with Crippen LogP contribution in [0.15, 0.2) is 48.5 Å². The number of amides is 2. The molecule has 0 radical (unpaired) electrons. The molecule has 5 heteroatoms. The smallest absolute Gasteiger partial charge is 0.313 e. The summed E-state index contributed by atoms with van der Waals surface area (Å²) in [6.45, 7) is 3.95. The number of rotatable bonds is 4. The Balaban J connectivity index is 1.94. The summed E-state index contributed by atoms with van der Waals surface area (Å²) in [7, 11) is 0. The molecule has 2 rings (SSSR count).